The molecule has 0 spiro atoms. The number of alkyl halides is 2. The first-order valence-corrected chi connectivity index (χ1v) is 5.37. The van der Waals surface area contributed by atoms with Crippen LogP contribution in [0.25, 0.3) is 0 Å². The van der Waals surface area contributed by atoms with Gasteiger partial charge in [0, 0.05) is 0 Å². The Hall–Kier alpha value is -1.20. The summed E-state index contributed by atoms with van der Waals surface area (Å²) in [5.74, 6) is -2.72. The first-order chi connectivity index (χ1) is 7.86. The third-order valence-corrected chi connectivity index (χ3v) is 2.28. The van der Waals surface area contributed by atoms with Gasteiger partial charge in [-0.05, 0) is 31.5 Å². The summed E-state index contributed by atoms with van der Waals surface area (Å²) in [7, 11) is 0. The van der Waals surface area contributed by atoms with Crippen molar-refractivity contribution in [2.75, 3.05) is 6.61 Å². The van der Waals surface area contributed by atoms with Crippen LogP contribution in [0.3, 0.4) is 0 Å². The zero-order valence-electron chi connectivity index (χ0n) is 9.86. The van der Waals surface area contributed by atoms with Gasteiger partial charge in [-0.15, -0.1) is 0 Å². The number of aliphatic hydroxyl groups is 1. The molecule has 1 rings (SSSR count). The molecule has 1 aromatic rings. The van der Waals surface area contributed by atoms with Crippen molar-refractivity contribution in [2.24, 2.45) is 5.73 Å². The van der Waals surface area contributed by atoms with E-state index in [1.54, 1.807) is 12.1 Å². The van der Waals surface area contributed by atoms with Crippen LogP contribution in [0, 0.1) is 0 Å². The number of aliphatic hydroxyl groups excluding tert-OH is 1. The van der Waals surface area contributed by atoms with Crippen LogP contribution in [-0.4, -0.2) is 23.7 Å². The van der Waals surface area contributed by atoms with E-state index in [9.17, 15) is 8.78 Å². The molecule has 0 aliphatic rings. The molecule has 0 saturated carbocycles. The minimum absolute atomic E-state index is 0.0217. The van der Waals surface area contributed by atoms with Crippen LogP contribution < -0.4 is 10.5 Å². The van der Waals surface area contributed by atoms with Crippen LogP contribution in [0.1, 0.15) is 25.5 Å². The van der Waals surface area contributed by atoms with Gasteiger partial charge in [-0.1, -0.05) is 12.1 Å². The van der Waals surface area contributed by atoms with E-state index >= 15 is 0 Å². The Morgan fingerprint density at radius 2 is 1.82 bits per heavy atom. The van der Waals surface area contributed by atoms with E-state index < -0.39 is 18.6 Å². The maximum Gasteiger partial charge on any atom is 0.289 e. The van der Waals surface area contributed by atoms with Crippen molar-refractivity contribution in [3.8, 4) is 5.75 Å². The van der Waals surface area contributed by atoms with E-state index in [2.05, 4.69) is 0 Å². The van der Waals surface area contributed by atoms with Crippen molar-refractivity contribution in [3.63, 3.8) is 0 Å². The number of nitrogens with two attached hydrogens (primary N) is 1. The summed E-state index contributed by atoms with van der Waals surface area (Å²) < 4.78 is 31.7. The Balaban J connectivity index is 2.80. The summed E-state index contributed by atoms with van der Waals surface area (Å²) in [6, 6.07) is 4.61. The van der Waals surface area contributed by atoms with Crippen molar-refractivity contribution in [1.82, 2.24) is 0 Å². The lowest BCUT2D eigenvalue weighted by Crippen LogP contribution is -2.36. The Bertz CT molecular complexity index is 352. The second-order valence-corrected chi connectivity index (χ2v) is 4.13. The third-order valence-electron chi connectivity index (χ3n) is 2.28. The van der Waals surface area contributed by atoms with Crippen LogP contribution in [0.15, 0.2) is 24.3 Å². The molecule has 5 heteroatoms. The van der Waals surface area contributed by atoms with Crippen LogP contribution in [0.4, 0.5) is 8.78 Å². The smallest absolute Gasteiger partial charge is 0.289 e. The molecule has 3 N–H and O–H groups in total. The van der Waals surface area contributed by atoms with Crippen molar-refractivity contribution in [3.05, 3.63) is 29.8 Å². The average Bonchev–Trinajstić information content (AvgIpc) is 2.28. The number of ether oxygens (including phenoxy) is 1. The molecule has 17 heavy (non-hydrogen) atoms. The van der Waals surface area contributed by atoms with Crippen molar-refractivity contribution < 1.29 is 18.6 Å². The molecule has 0 aliphatic carbocycles. The second-order valence-electron chi connectivity index (χ2n) is 4.13. The summed E-state index contributed by atoms with van der Waals surface area (Å²) in [5.41, 5.74) is 5.65. The average molecular weight is 245 g/mol. The van der Waals surface area contributed by atoms with Crippen molar-refractivity contribution in [1.29, 1.82) is 0 Å². The Morgan fingerprint density at radius 1 is 1.29 bits per heavy atom. The van der Waals surface area contributed by atoms with Gasteiger partial charge in [0.15, 0.2) is 0 Å². The quantitative estimate of drug-likeness (QED) is 0.835. The Morgan fingerprint density at radius 3 is 2.24 bits per heavy atom. The fraction of sp³-hybridized carbons (Fsp3) is 0.500. The van der Waals surface area contributed by atoms with E-state index in [-0.39, 0.29) is 11.7 Å². The molecule has 0 bridgehead atoms. The fourth-order valence-corrected chi connectivity index (χ4v) is 1.37. The highest BCUT2D eigenvalue weighted by Crippen LogP contribution is 2.29. The molecule has 0 saturated heterocycles. The zero-order valence-corrected chi connectivity index (χ0v) is 9.86. The van der Waals surface area contributed by atoms with Crippen LogP contribution in [-0.2, 0) is 0 Å². The highest BCUT2D eigenvalue weighted by atomic mass is 19.3. The molecule has 1 aromatic carbocycles. The molecule has 0 heterocycles. The van der Waals surface area contributed by atoms with Crippen LogP contribution >= 0.6 is 0 Å². The number of benzene rings is 1. The van der Waals surface area contributed by atoms with Crippen molar-refractivity contribution in [2.45, 2.75) is 31.9 Å². The third kappa shape index (κ3) is 3.64. The molecule has 96 valence electrons. The van der Waals surface area contributed by atoms with Gasteiger partial charge in [-0.3, -0.25) is 0 Å². The molecule has 0 aliphatic heterocycles. The second kappa shape index (κ2) is 5.42. The fourth-order valence-electron chi connectivity index (χ4n) is 1.37. The standard InChI is InChI=1S/C12H17F2NO2/c1-8(2)17-10-5-3-9(4-6-10)11(15)12(13,14)7-16/h3-6,8,11,16H,7,15H2,1-2H3/t11-/m0/s1. The molecule has 1 atom stereocenters. The van der Waals surface area contributed by atoms with Gasteiger partial charge in [-0.25, -0.2) is 8.78 Å². The predicted octanol–water partition coefficient (Wildman–Crippen LogP) is 2.10. The first-order valence-electron chi connectivity index (χ1n) is 5.37. The Kier molecular flexibility index (Phi) is 4.42. The van der Waals surface area contributed by atoms with Gasteiger partial charge in [0.1, 0.15) is 12.4 Å². The molecule has 0 radical (unpaired) electrons. The summed E-state index contributed by atoms with van der Waals surface area (Å²) in [4.78, 5) is 0. The topological polar surface area (TPSA) is 55.5 Å². The number of rotatable bonds is 5. The first kappa shape index (κ1) is 13.9. The SMILES string of the molecule is CC(C)Oc1ccc([C@H](N)C(F)(F)CO)cc1. The molecular formula is C12H17F2NO2. The normalized spacial score (nSPS) is 13.8. The summed E-state index contributed by atoms with van der Waals surface area (Å²) >= 11 is 0. The Labute approximate surface area is 99.2 Å². The van der Waals surface area contributed by atoms with Crippen LogP contribution in [0.2, 0.25) is 0 Å². The van der Waals surface area contributed by atoms with E-state index in [0.717, 1.165) is 0 Å². The summed E-state index contributed by atoms with van der Waals surface area (Å²) in [6.45, 7) is 2.48. The molecular weight excluding hydrogens is 228 g/mol. The van der Waals surface area contributed by atoms with Crippen LogP contribution in [0.5, 0.6) is 5.75 Å². The van der Waals surface area contributed by atoms with Gasteiger partial charge < -0.3 is 15.6 Å². The van der Waals surface area contributed by atoms with E-state index in [0.29, 0.717) is 5.75 Å². The molecule has 3 nitrogen and oxygen atoms in total. The highest BCUT2D eigenvalue weighted by Gasteiger charge is 2.37. The monoisotopic (exact) mass is 245 g/mol. The molecule has 0 fully saturated rings. The maximum atomic E-state index is 13.1. The summed E-state index contributed by atoms with van der Waals surface area (Å²) in [5, 5.41) is 8.54. The van der Waals surface area contributed by atoms with Gasteiger partial charge in [0.05, 0.1) is 12.1 Å². The zero-order chi connectivity index (χ0) is 13.1. The van der Waals surface area contributed by atoms with E-state index in [1.165, 1.54) is 12.1 Å². The largest absolute Gasteiger partial charge is 0.491 e. The van der Waals surface area contributed by atoms with Gasteiger partial charge >= 0.3 is 0 Å². The van der Waals surface area contributed by atoms with Gasteiger partial charge in [0.25, 0.3) is 5.92 Å². The lowest BCUT2D eigenvalue weighted by atomic mass is 10.0. The molecule has 0 amide bonds. The number of hydrogen-bond acceptors (Lipinski definition) is 3. The minimum atomic E-state index is -3.32. The lowest BCUT2D eigenvalue weighted by Gasteiger charge is -2.22. The number of hydrogen-bond donors (Lipinski definition) is 2. The minimum Gasteiger partial charge on any atom is -0.491 e. The lowest BCUT2D eigenvalue weighted by molar-refractivity contribution is -0.0711. The highest BCUT2D eigenvalue weighted by molar-refractivity contribution is 5.30. The maximum absolute atomic E-state index is 13.1. The van der Waals surface area contributed by atoms with Gasteiger partial charge in [0.2, 0.25) is 0 Å². The van der Waals surface area contributed by atoms with E-state index in [4.69, 9.17) is 15.6 Å². The number of halogens is 2. The molecule has 0 aromatic heterocycles. The predicted molar refractivity (Wildman–Crippen MR) is 61.2 cm³/mol. The van der Waals surface area contributed by atoms with E-state index in [1.807, 2.05) is 13.8 Å². The van der Waals surface area contributed by atoms with Gasteiger partial charge in [-0.2, -0.15) is 0 Å². The summed E-state index contributed by atoms with van der Waals surface area (Å²) in [6.07, 6.45) is 0.0217. The van der Waals surface area contributed by atoms with Crippen molar-refractivity contribution >= 4 is 0 Å². The molecule has 0 unspecified atom stereocenters.